The Morgan fingerprint density at radius 3 is 3.16 bits per heavy atom. The second-order valence-corrected chi connectivity index (χ2v) is 5.51. The van der Waals surface area contributed by atoms with E-state index in [-0.39, 0.29) is 0 Å². The van der Waals surface area contributed by atoms with Crippen LogP contribution >= 0.6 is 0 Å². The third-order valence-electron chi connectivity index (χ3n) is 4.48. The summed E-state index contributed by atoms with van der Waals surface area (Å²) in [6.45, 7) is 0.824. The van der Waals surface area contributed by atoms with Crippen LogP contribution in [0.25, 0.3) is 5.52 Å². The topological polar surface area (TPSA) is 50.5 Å². The van der Waals surface area contributed by atoms with Gasteiger partial charge in [0.05, 0.1) is 23.7 Å². The van der Waals surface area contributed by atoms with Gasteiger partial charge in [0.2, 0.25) is 5.91 Å². The Labute approximate surface area is 111 Å². The molecular formula is C14H16N4O. The van der Waals surface area contributed by atoms with Crippen molar-refractivity contribution >= 4 is 11.4 Å². The van der Waals surface area contributed by atoms with Gasteiger partial charge in [-0.15, -0.1) is 0 Å². The average molecular weight is 256 g/mol. The lowest BCUT2D eigenvalue weighted by atomic mass is 9.90. The first kappa shape index (κ1) is 11.0. The van der Waals surface area contributed by atoms with E-state index in [0.717, 1.165) is 43.4 Å². The fourth-order valence-electron chi connectivity index (χ4n) is 3.46. The van der Waals surface area contributed by atoms with E-state index < -0.39 is 0 Å². The lowest BCUT2D eigenvalue weighted by Crippen LogP contribution is -2.40. The van der Waals surface area contributed by atoms with E-state index in [4.69, 9.17) is 0 Å². The fraction of sp³-hybridized carbons (Fsp3) is 0.500. The predicted octanol–water partition coefficient (Wildman–Crippen LogP) is 1.60. The highest BCUT2D eigenvalue weighted by molar-refractivity contribution is 5.79. The largest absolute Gasteiger partial charge is 0.339 e. The molecule has 2 fully saturated rings. The van der Waals surface area contributed by atoms with Crippen molar-refractivity contribution in [3.63, 3.8) is 0 Å². The minimum Gasteiger partial charge on any atom is -0.339 e. The van der Waals surface area contributed by atoms with Crippen LogP contribution in [-0.2, 0) is 4.79 Å². The van der Waals surface area contributed by atoms with Crippen LogP contribution in [0.3, 0.4) is 0 Å². The maximum Gasteiger partial charge on any atom is 0.222 e. The van der Waals surface area contributed by atoms with Crippen molar-refractivity contribution in [1.82, 2.24) is 19.3 Å². The highest BCUT2D eigenvalue weighted by Gasteiger charge is 2.37. The van der Waals surface area contributed by atoms with Crippen molar-refractivity contribution in [3.05, 3.63) is 30.6 Å². The Hall–Kier alpha value is -1.91. The lowest BCUT2D eigenvalue weighted by molar-refractivity contribution is -0.130. The van der Waals surface area contributed by atoms with Crippen LogP contribution in [0.2, 0.25) is 0 Å². The van der Waals surface area contributed by atoms with E-state index in [2.05, 4.69) is 14.9 Å². The third kappa shape index (κ3) is 1.64. The van der Waals surface area contributed by atoms with E-state index in [0.29, 0.717) is 17.9 Å². The van der Waals surface area contributed by atoms with E-state index in [1.807, 2.05) is 23.1 Å². The number of nitrogens with zero attached hydrogens (tertiary/aromatic N) is 4. The number of carbonyl (C=O) groups excluding carboxylic acids is 1. The van der Waals surface area contributed by atoms with Crippen LogP contribution < -0.4 is 0 Å². The van der Waals surface area contributed by atoms with Gasteiger partial charge in [0.15, 0.2) is 0 Å². The molecule has 2 aromatic heterocycles. The molecule has 1 amide bonds. The molecule has 0 saturated carbocycles. The molecule has 4 rings (SSSR count). The Bertz CT molecular complexity index is 635. The van der Waals surface area contributed by atoms with Gasteiger partial charge in [0.1, 0.15) is 0 Å². The molecule has 0 radical (unpaired) electrons. The highest BCUT2D eigenvalue weighted by atomic mass is 16.2. The molecule has 0 aromatic carbocycles. The smallest absolute Gasteiger partial charge is 0.222 e. The number of carbonyl (C=O) groups is 1. The van der Waals surface area contributed by atoms with Crippen molar-refractivity contribution < 1.29 is 4.79 Å². The predicted molar refractivity (Wildman–Crippen MR) is 69.7 cm³/mol. The number of amides is 1. The van der Waals surface area contributed by atoms with Gasteiger partial charge in [-0.05, 0) is 19.3 Å². The highest BCUT2D eigenvalue weighted by Crippen LogP contribution is 2.35. The zero-order chi connectivity index (χ0) is 12.8. The first-order chi connectivity index (χ1) is 9.33. The summed E-state index contributed by atoms with van der Waals surface area (Å²) in [5.41, 5.74) is 2.16. The lowest BCUT2D eigenvalue weighted by Gasteiger charge is -2.34. The van der Waals surface area contributed by atoms with E-state index in [1.165, 1.54) is 0 Å². The van der Waals surface area contributed by atoms with E-state index in [1.54, 1.807) is 6.20 Å². The van der Waals surface area contributed by atoms with Gasteiger partial charge in [0.25, 0.3) is 0 Å². The Kier molecular flexibility index (Phi) is 2.33. The zero-order valence-electron chi connectivity index (χ0n) is 10.7. The summed E-state index contributed by atoms with van der Waals surface area (Å²) >= 11 is 0. The summed E-state index contributed by atoms with van der Waals surface area (Å²) in [7, 11) is 0. The van der Waals surface area contributed by atoms with Crippen molar-refractivity contribution in [2.24, 2.45) is 0 Å². The van der Waals surface area contributed by atoms with Gasteiger partial charge in [0, 0.05) is 37.3 Å². The molecule has 98 valence electrons. The maximum atomic E-state index is 11.9. The number of fused-ring (bicyclic) bond motifs is 2. The van der Waals surface area contributed by atoms with Gasteiger partial charge >= 0.3 is 0 Å². The average Bonchev–Trinajstić information content (AvgIpc) is 3.03. The van der Waals surface area contributed by atoms with E-state index in [9.17, 15) is 4.79 Å². The van der Waals surface area contributed by atoms with E-state index >= 15 is 0 Å². The molecule has 2 aliphatic heterocycles. The number of imidazole rings is 1. The second-order valence-electron chi connectivity index (χ2n) is 5.51. The molecule has 2 atom stereocenters. The van der Waals surface area contributed by atoms with Crippen LogP contribution in [-0.4, -0.2) is 37.8 Å². The van der Waals surface area contributed by atoms with Gasteiger partial charge in [-0.3, -0.25) is 9.78 Å². The van der Waals surface area contributed by atoms with Crippen molar-refractivity contribution in [2.45, 2.75) is 37.6 Å². The van der Waals surface area contributed by atoms with Crippen molar-refractivity contribution in [2.75, 3.05) is 6.54 Å². The Morgan fingerprint density at radius 1 is 1.26 bits per heavy atom. The maximum absolute atomic E-state index is 11.9. The minimum absolute atomic E-state index is 0.316. The van der Waals surface area contributed by atoms with Gasteiger partial charge in [-0.1, -0.05) is 0 Å². The van der Waals surface area contributed by atoms with Gasteiger partial charge in [-0.25, -0.2) is 4.98 Å². The molecule has 0 bridgehead atoms. The fourth-order valence-corrected chi connectivity index (χ4v) is 3.46. The van der Waals surface area contributed by atoms with Crippen LogP contribution in [0.15, 0.2) is 24.9 Å². The molecule has 4 heterocycles. The molecule has 5 nitrogen and oxygen atoms in total. The van der Waals surface area contributed by atoms with Crippen LogP contribution in [0, 0.1) is 0 Å². The summed E-state index contributed by atoms with van der Waals surface area (Å²) in [6, 6.07) is 0.482. The number of rotatable bonds is 1. The zero-order valence-corrected chi connectivity index (χ0v) is 10.7. The van der Waals surface area contributed by atoms with Crippen LogP contribution in [0.5, 0.6) is 0 Å². The summed E-state index contributed by atoms with van der Waals surface area (Å²) < 4.78 is 2.00. The Morgan fingerprint density at radius 2 is 2.21 bits per heavy atom. The summed E-state index contributed by atoms with van der Waals surface area (Å²) in [4.78, 5) is 22.7. The molecule has 0 aliphatic carbocycles. The molecule has 0 unspecified atom stereocenters. The summed E-state index contributed by atoms with van der Waals surface area (Å²) in [5, 5.41) is 0. The van der Waals surface area contributed by atoms with Crippen LogP contribution in [0.4, 0.5) is 0 Å². The molecule has 2 aliphatic rings. The molecule has 0 N–H and O–H groups in total. The van der Waals surface area contributed by atoms with Crippen molar-refractivity contribution in [3.8, 4) is 0 Å². The second kappa shape index (κ2) is 4.05. The normalized spacial score (nSPS) is 26.9. The first-order valence-corrected chi connectivity index (χ1v) is 6.89. The molecule has 5 heteroatoms. The number of piperidine rings is 1. The van der Waals surface area contributed by atoms with Gasteiger partial charge in [-0.2, -0.15) is 0 Å². The summed E-state index contributed by atoms with van der Waals surface area (Å²) in [6.07, 6.45) is 11.4. The molecule has 2 saturated heterocycles. The number of hydrogen-bond donors (Lipinski definition) is 0. The molecule has 19 heavy (non-hydrogen) atoms. The number of hydrogen-bond acceptors (Lipinski definition) is 3. The third-order valence-corrected chi connectivity index (χ3v) is 4.48. The van der Waals surface area contributed by atoms with Crippen LogP contribution in [0.1, 0.15) is 37.3 Å². The standard InChI is InChI=1S/C14H16N4O/c19-13-4-3-11-2-1-10(8-18(11)13)14-12-7-15-5-6-17(12)9-16-14/h5-7,9-11H,1-4,8H2/t10-,11+/m1/s1. The molecular weight excluding hydrogens is 240 g/mol. The molecule has 0 spiro atoms. The van der Waals surface area contributed by atoms with Gasteiger partial charge < -0.3 is 9.30 Å². The minimum atomic E-state index is 0.316. The quantitative estimate of drug-likeness (QED) is 0.778. The van der Waals surface area contributed by atoms with Crippen molar-refractivity contribution in [1.29, 1.82) is 0 Å². The monoisotopic (exact) mass is 256 g/mol. The Balaban J connectivity index is 1.68. The SMILES string of the molecule is O=C1CC[C@@H]2CC[C@@H](c3ncn4ccncc34)CN12. The molecule has 2 aromatic rings. The number of aromatic nitrogens is 3. The summed E-state index contributed by atoms with van der Waals surface area (Å²) in [5.74, 6) is 0.670. The first-order valence-electron chi connectivity index (χ1n) is 6.89.